The average molecular weight is 399 g/mol. The third-order valence-electron chi connectivity index (χ3n) is 4.80. The summed E-state index contributed by atoms with van der Waals surface area (Å²) in [6.45, 7) is 1.61. The van der Waals surface area contributed by atoms with Crippen molar-refractivity contribution in [3.05, 3.63) is 46.5 Å². The van der Waals surface area contributed by atoms with Crippen LogP contribution in [0.2, 0.25) is 0 Å². The smallest absolute Gasteiger partial charge is 0.200 e. The minimum atomic E-state index is -0.536. The van der Waals surface area contributed by atoms with E-state index < -0.39 is 11.6 Å². The van der Waals surface area contributed by atoms with E-state index in [2.05, 4.69) is 10.6 Å². The van der Waals surface area contributed by atoms with E-state index in [-0.39, 0.29) is 40.4 Å². The molecule has 3 rings (SSSR count). The van der Waals surface area contributed by atoms with Crippen molar-refractivity contribution in [2.24, 2.45) is 0 Å². The number of carbonyl (C=O) groups excluding carboxylic acids is 2. The number of hydrogen-bond donors (Lipinski definition) is 5. The first-order chi connectivity index (χ1) is 13.9. The van der Waals surface area contributed by atoms with Crippen LogP contribution in [0.15, 0.2) is 24.3 Å². The van der Waals surface area contributed by atoms with Gasteiger partial charge in [-0.1, -0.05) is 0 Å². The highest BCUT2D eigenvalue weighted by atomic mass is 16.3. The van der Waals surface area contributed by atoms with Crippen LogP contribution < -0.4 is 10.6 Å². The van der Waals surface area contributed by atoms with E-state index in [1.54, 1.807) is 6.07 Å². The van der Waals surface area contributed by atoms with Crippen LogP contribution in [0.1, 0.15) is 38.3 Å². The molecule has 8 nitrogen and oxygen atoms in total. The quantitative estimate of drug-likeness (QED) is 0.286. The van der Waals surface area contributed by atoms with Crippen LogP contribution in [0.3, 0.4) is 0 Å². The van der Waals surface area contributed by atoms with E-state index in [9.17, 15) is 19.8 Å². The first-order valence-electron chi connectivity index (χ1n) is 9.41. The zero-order chi connectivity index (χ0) is 21.1. The van der Waals surface area contributed by atoms with Gasteiger partial charge in [0.25, 0.3) is 0 Å². The molecule has 0 bridgehead atoms. The number of likely N-dealkylation sites (N-methyl/N-ethyl adjacent to an activating group) is 1. The topological polar surface area (TPSA) is 122 Å². The van der Waals surface area contributed by atoms with Gasteiger partial charge < -0.3 is 30.9 Å². The lowest BCUT2D eigenvalue weighted by Gasteiger charge is -2.24. The second kappa shape index (κ2) is 8.50. The second-order valence-corrected chi connectivity index (χ2v) is 7.16. The molecule has 0 fully saturated rings. The van der Waals surface area contributed by atoms with Gasteiger partial charge in [0.1, 0.15) is 11.5 Å². The number of fused-ring (bicyclic) bond motifs is 2. The van der Waals surface area contributed by atoms with Gasteiger partial charge in [0.05, 0.1) is 22.3 Å². The Balaban J connectivity index is 2.09. The highest BCUT2D eigenvalue weighted by molar-refractivity contribution is 6.33. The number of phenols is 2. The summed E-state index contributed by atoms with van der Waals surface area (Å²) in [5, 5.41) is 35.8. The maximum absolute atomic E-state index is 13.3. The molecule has 0 aromatic heterocycles. The molecular formula is C21H25N3O5. The van der Waals surface area contributed by atoms with Crippen molar-refractivity contribution in [1.82, 2.24) is 4.90 Å². The van der Waals surface area contributed by atoms with Crippen LogP contribution >= 0.6 is 0 Å². The fraction of sp³-hybridized carbons (Fsp3) is 0.333. The summed E-state index contributed by atoms with van der Waals surface area (Å²) in [4.78, 5) is 28.5. The van der Waals surface area contributed by atoms with Crippen molar-refractivity contribution in [3.63, 3.8) is 0 Å². The summed E-state index contributed by atoms with van der Waals surface area (Å²) >= 11 is 0. The predicted molar refractivity (Wildman–Crippen MR) is 110 cm³/mol. The molecule has 0 saturated carbocycles. The molecule has 2 aromatic carbocycles. The third kappa shape index (κ3) is 3.90. The molecule has 0 amide bonds. The van der Waals surface area contributed by atoms with Crippen LogP contribution in [-0.4, -0.2) is 72.1 Å². The average Bonchev–Trinajstić information content (AvgIpc) is 2.68. The van der Waals surface area contributed by atoms with Gasteiger partial charge in [0.15, 0.2) is 0 Å². The van der Waals surface area contributed by atoms with Gasteiger partial charge in [-0.2, -0.15) is 0 Å². The molecule has 1 aliphatic rings. The minimum Gasteiger partial charge on any atom is -0.507 e. The summed E-state index contributed by atoms with van der Waals surface area (Å²) in [5.41, 5.74) is 0.735. The number of phenolic OH excluding ortho intramolecular Hbond substituents is 2. The standard InChI is InChI=1S/C21H25N3O5/c1-24(2)10-9-23-13-5-7-15(27)19-17(13)21(29)18-14(26)6-4-12(16(18)20(19)28)22-8-3-11-25/h4-7,22-23,25-27H,3,8-11H2,1-2H3. The lowest BCUT2D eigenvalue weighted by atomic mass is 9.81. The molecule has 0 aliphatic heterocycles. The van der Waals surface area contributed by atoms with E-state index in [4.69, 9.17) is 5.11 Å². The number of aliphatic hydroxyl groups is 1. The molecule has 29 heavy (non-hydrogen) atoms. The van der Waals surface area contributed by atoms with Gasteiger partial charge in [-0.05, 0) is 44.8 Å². The number of aromatic hydroxyl groups is 2. The normalized spacial score (nSPS) is 12.7. The number of nitrogens with one attached hydrogen (secondary N) is 2. The Kier molecular flexibility index (Phi) is 6.05. The van der Waals surface area contributed by atoms with Crippen molar-refractivity contribution in [2.75, 3.05) is 51.0 Å². The molecule has 2 aromatic rings. The van der Waals surface area contributed by atoms with Crippen LogP contribution in [-0.2, 0) is 0 Å². The lowest BCUT2D eigenvalue weighted by molar-refractivity contribution is 0.0975. The van der Waals surface area contributed by atoms with Crippen LogP contribution in [0.25, 0.3) is 0 Å². The summed E-state index contributed by atoms with van der Waals surface area (Å²) in [6, 6.07) is 5.81. The van der Waals surface area contributed by atoms with E-state index in [0.29, 0.717) is 37.4 Å². The molecule has 0 unspecified atom stereocenters. The predicted octanol–water partition coefficient (Wildman–Crippen LogP) is 1.64. The minimum absolute atomic E-state index is 0.0221. The second-order valence-electron chi connectivity index (χ2n) is 7.16. The maximum Gasteiger partial charge on any atom is 0.200 e. The summed E-state index contributed by atoms with van der Waals surface area (Å²) < 4.78 is 0. The van der Waals surface area contributed by atoms with Crippen molar-refractivity contribution in [3.8, 4) is 11.5 Å². The Hall–Kier alpha value is -3.10. The molecule has 0 heterocycles. The van der Waals surface area contributed by atoms with Crippen molar-refractivity contribution >= 4 is 22.9 Å². The van der Waals surface area contributed by atoms with Crippen LogP contribution in [0.4, 0.5) is 11.4 Å². The molecular weight excluding hydrogens is 374 g/mol. The molecule has 1 aliphatic carbocycles. The highest BCUT2D eigenvalue weighted by Gasteiger charge is 2.37. The van der Waals surface area contributed by atoms with E-state index in [0.717, 1.165) is 0 Å². The van der Waals surface area contributed by atoms with Gasteiger partial charge in [0, 0.05) is 37.6 Å². The Morgan fingerprint density at radius 1 is 0.793 bits per heavy atom. The van der Waals surface area contributed by atoms with Crippen LogP contribution in [0, 0.1) is 0 Å². The summed E-state index contributed by atoms with van der Waals surface area (Å²) in [6.07, 6.45) is 0.458. The first-order valence-corrected chi connectivity index (χ1v) is 9.41. The van der Waals surface area contributed by atoms with E-state index >= 15 is 0 Å². The number of aliphatic hydroxyl groups excluding tert-OH is 1. The largest absolute Gasteiger partial charge is 0.507 e. The zero-order valence-electron chi connectivity index (χ0n) is 16.5. The number of hydrogen-bond acceptors (Lipinski definition) is 8. The SMILES string of the molecule is CN(C)CCNc1ccc(O)c2c1C(=O)c1c(O)ccc(NCCCO)c1C2=O. The van der Waals surface area contributed by atoms with Gasteiger partial charge in [-0.3, -0.25) is 9.59 Å². The molecule has 5 N–H and O–H groups in total. The Bertz CT molecular complexity index is 956. The summed E-state index contributed by atoms with van der Waals surface area (Å²) in [7, 11) is 3.84. The van der Waals surface area contributed by atoms with E-state index in [1.807, 2.05) is 19.0 Å². The van der Waals surface area contributed by atoms with Crippen LogP contribution in [0.5, 0.6) is 11.5 Å². The first kappa shape index (κ1) is 20.6. The third-order valence-corrected chi connectivity index (χ3v) is 4.80. The zero-order valence-corrected chi connectivity index (χ0v) is 16.5. The lowest BCUT2D eigenvalue weighted by Crippen LogP contribution is -2.26. The highest BCUT2D eigenvalue weighted by Crippen LogP contribution is 2.42. The number of carbonyl (C=O) groups is 2. The van der Waals surface area contributed by atoms with Gasteiger partial charge in [0.2, 0.25) is 11.6 Å². The molecule has 154 valence electrons. The van der Waals surface area contributed by atoms with Gasteiger partial charge in [-0.25, -0.2) is 0 Å². The number of rotatable bonds is 8. The number of benzene rings is 2. The summed E-state index contributed by atoms with van der Waals surface area (Å²) in [5.74, 6) is -1.64. The Morgan fingerprint density at radius 3 is 1.72 bits per heavy atom. The van der Waals surface area contributed by atoms with Crippen molar-refractivity contribution < 1.29 is 24.9 Å². The molecule has 8 heteroatoms. The molecule has 0 saturated heterocycles. The molecule has 0 atom stereocenters. The number of anilines is 2. The molecule has 0 spiro atoms. The van der Waals surface area contributed by atoms with E-state index in [1.165, 1.54) is 18.2 Å². The maximum atomic E-state index is 13.3. The fourth-order valence-electron chi connectivity index (χ4n) is 3.38. The Labute approximate surface area is 168 Å². The fourth-order valence-corrected chi connectivity index (χ4v) is 3.38. The van der Waals surface area contributed by atoms with Crippen molar-refractivity contribution in [1.29, 1.82) is 0 Å². The van der Waals surface area contributed by atoms with Gasteiger partial charge >= 0.3 is 0 Å². The molecule has 0 radical (unpaired) electrons. The Morgan fingerprint density at radius 2 is 1.28 bits per heavy atom. The number of ketones is 2. The van der Waals surface area contributed by atoms with Gasteiger partial charge in [-0.15, -0.1) is 0 Å². The number of nitrogens with zero attached hydrogens (tertiary/aromatic N) is 1. The van der Waals surface area contributed by atoms with Crippen molar-refractivity contribution in [2.45, 2.75) is 6.42 Å². The monoisotopic (exact) mass is 399 g/mol.